The lowest BCUT2D eigenvalue weighted by molar-refractivity contribution is -0.384. The summed E-state index contributed by atoms with van der Waals surface area (Å²) in [6.07, 6.45) is 7.30. The lowest BCUT2D eigenvalue weighted by Crippen LogP contribution is -2.47. The van der Waals surface area contributed by atoms with Crippen molar-refractivity contribution in [1.82, 2.24) is 19.6 Å². The molecule has 60 heavy (non-hydrogen) atoms. The van der Waals surface area contributed by atoms with Crippen LogP contribution in [0.1, 0.15) is 75.6 Å². The van der Waals surface area contributed by atoms with E-state index in [1.54, 1.807) is 30.6 Å². The minimum Gasteiger partial charge on any atom is -0.455 e. The smallest absolute Gasteiger partial charge is 0.293 e. The van der Waals surface area contributed by atoms with Crippen molar-refractivity contribution in [2.75, 3.05) is 62.7 Å². The second kappa shape index (κ2) is 21.0. The van der Waals surface area contributed by atoms with Crippen molar-refractivity contribution >= 4 is 46.0 Å². The van der Waals surface area contributed by atoms with Crippen LogP contribution >= 0.6 is 11.9 Å². The van der Waals surface area contributed by atoms with Gasteiger partial charge in [0.25, 0.3) is 11.6 Å². The standard InChI is InChI=1S/C43H53F2N7O5S.C2H4/c1-43(2)14-10-32(31(25-43)4-3-5-40(44)45)28-50-16-18-51(19-17-50)33-6-8-36(39(23-33)57-34-22-30-11-15-46-41(30)48-27-34)42(53)49-58-35-7-9-37(38(24-35)52(54)55)47-26-29-12-20-56-21-13-29;1-2/h6-9,11,15,22-24,27,29,40,47H,3-5,10,12-14,16-21,25-26,28H2,1-2H3,(H,46,48)(H,49,53);1-2H2. The minimum atomic E-state index is -2.26. The van der Waals surface area contributed by atoms with Crippen LogP contribution in [0.3, 0.4) is 0 Å². The molecule has 0 atom stereocenters. The Morgan fingerprint density at radius 2 is 1.88 bits per heavy atom. The maximum Gasteiger partial charge on any atom is 0.293 e. The van der Waals surface area contributed by atoms with Gasteiger partial charge in [-0.1, -0.05) is 25.0 Å². The van der Waals surface area contributed by atoms with Gasteiger partial charge in [-0.15, -0.1) is 13.2 Å². The second-order valence-corrected chi connectivity index (χ2v) is 17.2. The maximum atomic E-state index is 13.8. The number of ether oxygens (including phenoxy) is 2. The molecule has 1 amide bonds. The molecule has 0 saturated carbocycles. The Bertz CT molecular complexity index is 2110. The highest BCUT2D eigenvalue weighted by atomic mass is 32.2. The minimum absolute atomic E-state index is 0.0495. The maximum absolute atomic E-state index is 13.8. The van der Waals surface area contributed by atoms with Crippen molar-refractivity contribution in [2.24, 2.45) is 11.3 Å². The average molecular weight is 846 g/mol. The molecule has 1 aliphatic carbocycles. The van der Waals surface area contributed by atoms with Gasteiger partial charge in [-0.3, -0.25) is 24.5 Å². The highest BCUT2D eigenvalue weighted by Crippen LogP contribution is 2.41. The number of allylic oxidation sites excluding steroid dienone is 1. The van der Waals surface area contributed by atoms with Crippen molar-refractivity contribution in [3.63, 3.8) is 0 Å². The van der Waals surface area contributed by atoms with E-state index in [2.05, 4.69) is 56.8 Å². The van der Waals surface area contributed by atoms with Gasteiger partial charge in [0.05, 0.1) is 16.7 Å². The van der Waals surface area contributed by atoms with Crippen LogP contribution in [0.25, 0.3) is 11.0 Å². The molecule has 4 heterocycles. The van der Waals surface area contributed by atoms with Crippen LogP contribution in [-0.2, 0) is 4.74 Å². The third-order valence-corrected chi connectivity index (χ3v) is 12.3. The Morgan fingerprint density at radius 1 is 1.10 bits per heavy atom. The van der Waals surface area contributed by atoms with E-state index >= 15 is 0 Å². The second-order valence-electron chi connectivity index (χ2n) is 16.4. The molecule has 4 aromatic rings. The number of aromatic amines is 1. The molecule has 15 heteroatoms. The Labute approximate surface area is 355 Å². The van der Waals surface area contributed by atoms with Gasteiger partial charge in [-0.25, -0.2) is 13.8 Å². The summed E-state index contributed by atoms with van der Waals surface area (Å²) in [5.74, 6) is 0.811. The van der Waals surface area contributed by atoms with E-state index in [1.807, 2.05) is 24.3 Å². The Balaban J connectivity index is 0.00000297. The van der Waals surface area contributed by atoms with Crippen molar-refractivity contribution in [3.05, 3.63) is 101 Å². The topological polar surface area (TPSA) is 138 Å². The Kier molecular flexibility index (Phi) is 15.6. The number of hydrogen-bond donors (Lipinski definition) is 3. The summed E-state index contributed by atoms with van der Waals surface area (Å²) in [5, 5.41) is 16.1. The number of carbonyl (C=O) groups excluding carboxylic acids is 1. The van der Waals surface area contributed by atoms with Crippen LogP contribution in [0.2, 0.25) is 0 Å². The van der Waals surface area contributed by atoms with Crippen molar-refractivity contribution < 1.29 is 28.0 Å². The third kappa shape index (κ3) is 12.1. The number of pyridine rings is 1. The van der Waals surface area contributed by atoms with Gasteiger partial charge in [0, 0.05) is 93.2 Å². The lowest BCUT2D eigenvalue weighted by Gasteiger charge is -2.39. The first-order chi connectivity index (χ1) is 29.0. The van der Waals surface area contributed by atoms with E-state index < -0.39 is 17.3 Å². The number of hydrogen-bond acceptors (Lipinski definition) is 10. The number of nitro groups is 1. The average Bonchev–Trinajstić information content (AvgIpc) is 3.72. The van der Waals surface area contributed by atoms with Gasteiger partial charge in [-0.05, 0) is 105 Å². The molecule has 12 nitrogen and oxygen atoms in total. The van der Waals surface area contributed by atoms with E-state index in [1.165, 1.54) is 17.2 Å². The summed E-state index contributed by atoms with van der Waals surface area (Å²) in [6.45, 7) is 16.7. The van der Waals surface area contributed by atoms with Gasteiger partial charge in [0.15, 0.2) is 0 Å². The largest absolute Gasteiger partial charge is 0.455 e. The number of benzene rings is 2. The van der Waals surface area contributed by atoms with Gasteiger partial charge >= 0.3 is 0 Å². The number of nitro benzene ring substituents is 1. The van der Waals surface area contributed by atoms with Gasteiger partial charge in [0.2, 0.25) is 6.43 Å². The molecule has 2 saturated heterocycles. The molecule has 3 aliphatic rings. The van der Waals surface area contributed by atoms with Crippen molar-refractivity contribution in [2.45, 2.75) is 76.5 Å². The molecule has 0 bridgehead atoms. The van der Waals surface area contributed by atoms with Crippen molar-refractivity contribution in [1.29, 1.82) is 0 Å². The molecule has 3 N–H and O–H groups in total. The number of rotatable bonds is 16. The molecular weight excluding hydrogens is 789 g/mol. The summed E-state index contributed by atoms with van der Waals surface area (Å²) in [5.41, 5.74) is 5.31. The van der Waals surface area contributed by atoms with Crippen LogP contribution in [0, 0.1) is 21.4 Å². The molecule has 7 rings (SSSR count). The molecule has 2 aromatic carbocycles. The third-order valence-electron chi connectivity index (χ3n) is 11.5. The number of fused-ring (bicyclic) bond motifs is 1. The zero-order chi connectivity index (χ0) is 42.6. The molecular formula is C45H57F2N7O5S. The quantitative estimate of drug-likeness (QED) is 0.0432. The van der Waals surface area contributed by atoms with E-state index in [0.717, 1.165) is 99.9 Å². The number of halogens is 2. The van der Waals surface area contributed by atoms with Gasteiger partial charge in [-0.2, -0.15) is 0 Å². The van der Waals surface area contributed by atoms with Crippen LogP contribution in [0.5, 0.6) is 11.5 Å². The number of piperazine rings is 1. The summed E-state index contributed by atoms with van der Waals surface area (Å²) >= 11 is 1.01. The lowest BCUT2D eigenvalue weighted by atomic mass is 9.73. The number of nitrogens with one attached hydrogen (secondary N) is 3. The highest BCUT2D eigenvalue weighted by Gasteiger charge is 2.29. The number of H-pyrrole nitrogens is 1. The van der Waals surface area contributed by atoms with E-state index in [-0.39, 0.29) is 17.5 Å². The van der Waals surface area contributed by atoms with Crippen LogP contribution < -0.4 is 19.7 Å². The molecule has 2 aliphatic heterocycles. The van der Waals surface area contributed by atoms with Gasteiger partial charge in [0.1, 0.15) is 22.8 Å². The van der Waals surface area contributed by atoms with Crippen LogP contribution in [0.15, 0.2) is 90.1 Å². The van der Waals surface area contributed by atoms with E-state index in [9.17, 15) is 23.7 Å². The number of anilines is 2. The predicted octanol–water partition coefficient (Wildman–Crippen LogP) is 10.4. The van der Waals surface area contributed by atoms with Crippen LogP contribution in [0.4, 0.5) is 25.8 Å². The first-order valence-electron chi connectivity index (χ1n) is 20.8. The fourth-order valence-electron chi connectivity index (χ4n) is 8.14. The first-order valence-corrected chi connectivity index (χ1v) is 21.6. The fourth-order valence-corrected chi connectivity index (χ4v) is 8.77. The highest BCUT2D eigenvalue weighted by molar-refractivity contribution is 7.98. The Hall–Kier alpha value is -4.99. The number of alkyl halides is 2. The normalized spacial score (nSPS) is 17.3. The summed E-state index contributed by atoms with van der Waals surface area (Å²) in [7, 11) is 0. The fraction of sp³-hybridized carbons (Fsp3) is 0.467. The molecule has 0 radical (unpaired) electrons. The van der Waals surface area contributed by atoms with E-state index in [0.29, 0.717) is 59.7 Å². The number of amides is 1. The number of nitrogens with zero attached hydrogens (tertiary/aromatic N) is 4. The molecule has 322 valence electrons. The number of aromatic nitrogens is 2. The SMILES string of the molecule is C=C.CC1(C)CCC(CN2CCN(c3ccc(C(=O)NSc4ccc(NCC5CCOCC5)c([N+](=O)[O-])c4)c(Oc4cnc5[nH]ccc5c4)c3)CC2)=C(CCCC(F)F)C1. The zero-order valence-corrected chi connectivity index (χ0v) is 35.5. The molecule has 2 fully saturated rings. The van der Waals surface area contributed by atoms with Gasteiger partial charge < -0.3 is 24.7 Å². The predicted molar refractivity (Wildman–Crippen MR) is 235 cm³/mol. The molecule has 0 spiro atoms. The summed E-state index contributed by atoms with van der Waals surface area (Å²) < 4.78 is 40.6. The summed E-state index contributed by atoms with van der Waals surface area (Å²) in [6, 6.07) is 14.2. The van der Waals surface area contributed by atoms with E-state index in [4.69, 9.17) is 9.47 Å². The van der Waals surface area contributed by atoms with Crippen LogP contribution in [-0.4, -0.2) is 84.6 Å². The monoisotopic (exact) mass is 845 g/mol. The summed E-state index contributed by atoms with van der Waals surface area (Å²) in [4.78, 5) is 38.2. The van der Waals surface area contributed by atoms with Crippen molar-refractivity contribution in [3.8, 4) is 11.5 Å². The molecule has 2 aromatic heterocycles. The Morgan fingerprint density at radius 3 is 2.63 bits per heavy atom. The first kappa shape index (κ1) is 44.6. The zero-order valence-electron chi connectivity index (χ0n) is 34.7. The molecule has 0 unspecified atom stereocenters. The number of carbonyl (C=O) groups is 1.